The maximum Gasteiger partial charge on any atom is 0.187 e. The molecule has 0 atom stereocenters. The molecule has 0 saturated carbocycles. The van der Waals surface area contributed by atoms with Crippen molar-refractivity contribution < 1.29 is 9.53 Å². The fraction of sp³-hybridized carbons (Fsp3) is 0.0588. The summed E-state index contributed by atoms with van der Waals surface area (Å²) >= 11 is 5.97. The van der Waals surface area contributed by atoms with Gasteiger partial charge in [-0.3, -0.25) is 4.79 Å². The largest absolute Gasteiger partial charge is 0.479 e. The fourth-order valence-corrected chi connectivity index (χ4v) is 1.94. The van der Waals surface area contributed by atoms with Gasteiger partial charge in [0.25, 0.3) is 0 Å². The molecule has 2 aromatic rings. The van der Waals surface area contributed by atoms with E-state index in [-0.39, 0.29) is 12.4 Å². The maximum absolute atomic E-state index is 12.0. The summed E-state index contributed by atoms with van der Waals surface area (Å²) in [6, 6.07) is 15.9. The van der Waals surface area contributed by atoms with Crippen molar-refractivity contribution in [3.63, 3.8) is 0 Å². The third-order valence-electron chi connectivity index (χ3n) is 2.75. The van der Waals surface area contributed by atoms with Crippen LogP contribution in [0.25, 0.3) is 6.08 Å². The minimum Gasteiger partial charge on any atom is -0.479 e. The molecule has 104 valence electrons. The zero-order valence-electron chi connectivity index (χ0n) is 11.1. The van der Waals surface area contributed by atoms with Crippen LogP contribution in [0.15, 0.2) is 54.6 Å². The highest BCUT2D eigenvalue weighted by atomic mass is 35.5. The summed E-state index contributed by atoms with van der Waals surface area (Å²) in [6.07, 6.45) is 3.19. The van der Waals surface area contributed by atoms with E-state index in [0.717, 1.165) is 5.56 Å². The molecule has 0 aliphatic heterocycles. The summed E-state index contributed by atoms with van der Waals surface area (Å²) in [7, 11) is 0. The molecule has 0 heterocycles. The molecule has 21 heavy (non-hydrogen) atoms. The van der Waals surface area contributed by atoms with Gasteiger partial charge < -0.3 is 4.74 Å². The number of halogens is 1. The molecule has 0 unspecified atom stereocenters. The van der Waals surface area contributed by atoms with E-state index in [1.165, 1.54) is 6.08 Å². The van der Waals surface area contributed by atoms with Crippen molar-refractivity contribution in [2.24, 2.45) is 0 Å². The number of nitriles is 1. The van der Waals surface area contributed by atoms with Gasteiger partial charge in [0.05, 0.1) is 5.02 Å². The Hall–Kier alpha value is -2.57. The summed E-state index contributed by atoms with van der Waals surface area (Å²) in [5.41, 5.74) is 1.34. The van der Waals surface area contributed by atoms with Gasteiger partial charge in [-0.15, -0.1) is 0 Å². The predicted octanol–water partition coefficient (Wildman–Crippen LogP) is 4.14. The van der Waals surface area contributed by atoms with Crippen LogP contribution in [0, 0.1) is 11.3 Å². The van der Waals surface area contributed by atoms with E-state index in [1.807, 2.05) is 18.2 Å². The van der Waals surface area contributed by atoms with E-state index in [1.54, 1.807) is 42.5 Å². The highest BCUT2D eigenvalue weighted by molar-refractivity contribution is 6.34. The van der Waals surface area contributed by atoms with Crippen LogP contribution < -0.4 is 4.74 Å². The van der Waals surface area contributed by atoms with Crippen molar-refractivity contribution in [2.45, 2.75) is 0 Å². The standard InChI is InChI=1S/C17H12ClNO2/c18-16-4-2-1-3-15(16)17(20)10-7-13-5-8-14(9-6-13)21-12-11-19/h1-10H,12H2/b10-7+. The molecular weight excluding hydrogens is 286 g/mol. The first-order valence-corrected chi connectivity index (χ1v) is 6.65. The third-order valence-corrected chi connectivity index (χ3v) is 3.08. The molecule has 2 aromatic carbocycles. The van der Waals surface area contributed by atoms with E-state index in [9.17, 15) is 4.79 Å². The van der Waals surface area contributed by atoms with Crippen molar-refractivity contribution in [1.29, 1.82) is 5.26 Å². The monoisotopic (exact) mass is 297 g/mol. The Bertz CT molecular complexity index is 699. The predicted molar refractivity (Wildman–Crippen MR) is 82.4 cm³/mol. The molecule has 3 nitrogen and oxygen atoms in total. The first-order chi connectivity index (χ1) is 10.2. The van der Waals surface area contributed by atoms with E-state index >= 15 is 0 Å². The summed E-state index contributed by atoms with van der Waals surface area (Å²) in [5, 5.41) is 8.86. The van der Waals surface area contributed by atoms with Gasteiger partial charge in [-0.05, 0) is 35.9 Å². The number of rotatable bonds is 5. The molecule has 0 N–H and O–H groups in total. The van der Waals surface area contributed by atoms with E-state index in [4.69, 9.17) is 21.6 Å². The number of nitrogens with zero attached hydrogens (tertiary/aromatic N) is 1. The molecule has 0 fully saturated rings. The molecule has 4 heteroatoms. The van der Waals surface area contributed by atoms with Gasteiger partial charge in [-0.25, -0.2) is 0 Å². The van der Waals surface area contributed by atoms with Crippen LogP contribution in [0.4, 0.5) is 0 Å². The molecule has 0 radical (unpaired) electrons. The Kier molecular flexibility index (Phi) is 5.14. The van der Waals surface area contributed by atoms with Crippen LogP contribution in [-0.2, 0) is 0 Å². The average molecular weight is 298 g/mol. The molecule has 0 spiro atoms. The van der Waals surface area contributed by atoms with Crippen LogP contribution in [0.5, 0.6) is 5.75 Å². The summed E-state index contributed by atoms with van der Waals surface area (Å²) in [6.45, 7) is 0.0141. The molecule has 2 rings (SSSR count). The van der Waals surface area contributed by atoms with Crippen LogP contribution in [0.1, 0.15) is 15.9 Å². The van der Waals surface area contributed by atoms with Crippen LogP contribution >= 0.6 is 11.6 Å². The summed E-state index contributed by atoms with van der Waals surface area (Å²) < 4.78 is 5.15. The summed E-state index contributed by atoms with van der Waals surface area (Å²) in [5.74, 6) is 0.469. The highest BCUT2D eigenvalue weighted by Crippen LogP contribution is 2.17. The van der Waals surface area contributed by atoms with Gasteiger partial charge in [0.1, 0.15) is 11.8 Å². The van der Waals surface area contributed by atoms with E-state index in [2.05, 4.69) is 0 Å². The second-order valence-electron chi connectivity index (χ2n) is 4.19. The molecule has 0 bridgehead atoms. The van der Waals surface area contributed by atoms with Crippen molar-refractivity contribution in [3.8, 4) is 11.8 Å². The van der Waals surface area contributed by atoms with Gasteiger partial charge >= 0.3 is 0 Å². The Morgan fingerprint density at radius 2 is 1.90 bits per heavy atom. The zero-order chi connectivity index (χ0) is 15.1. The second-order valence-corrected chi connectivity index (χ2v) is 4.60. The van der Waals surface area contributed by atoms with Gasteiger partial charge in [0.2, 0.25) is 0 Å². The molecule has 0 aliphatic rings. The number of carbonyl (C=O) groups is 1. The average Bonchev–Trinajstić information content (AvgIpc) is 2.52. The molecular formula is C17H12ClNO2. The third kappa shape index (κ3) is 4.20. The van der Waals surface area contributed by atoms with Crippen LogP contribution in [0.2, 0.25) is 5.02 Å². The molecule has 0 aromatic heterocycles. The van der Waals surface area contributed by atoms with Crippen molar-refractivity contribution in [2.75, 3.05) is 6.61 Å². The van der Waals surface area contributed by atoms with Crippen LogP contribution in [0.3, 0.4) is 0 Å². The number of benzene rings is 2. The minimum atomic E-state index is -0.148. The van der Waals surface area contributed by atoms with Gasteiger partial charge in [0, 0.05) is 5.56 Å². The Morgan fingerprint density at radius 3 is 2.57 bits per heavy atom. The number of ketones is 1. The molecule has 0 aliphatic carbocycles. The maximum atomic E-state index is 12.0. The normalized spacial score (nSPS) is 10.3. The first-order valence-electron chi connectivity index (χ1n) is 6.27. The fourth-order valence-electron chi connectivity index (χ4n) is 1.71. The Balaban J connectivity index is 2.06. The number of hydrogen-bond acceptors (Lipinski definition) is 3. The number of carbonyl (C=O) groups excluding carboxylic acids is 1. The minimum absolute atomic E-state index is 0.0141. The Morgan fingerprint density at radius 1 is 1.19 bits per heavy atom. The smallest absolute Gasteiger partial charge is 0.187 e. The number of allylic oxidation sites excluding steroid dienone is 1. The summed E-state index contributed by atoms with van der Waals surface area (Å²) in [4.78, 5) is 12.0. The molecule has 0 amide bonds. The molecule has 0 saturated heterocycles. The lowest BCUT2D eigenvalue weighted by atomic mass is 10.1. The van der Waals surface area contributed by atoms with Crippen molar-refractivity contribution in [3.05, 3.63) is 70.8 Å². The van der Waals surface area contributed by atoms with Gasteiger partial charge in [0.15, 0.2) is 12.4 Å². The van der Waals surface area contributed by atoms with Crippen molar-refractivity contribution >= 4 is 23.5 Å². The van der Waals surface area contributed by atoms with E-state index < -0.39 is 0 Å². The topological polar surface area (TPSA) is 50.1 Å². The van der Waals surface area contributed by atoms with Gasteiger partial charge in [-0.1, -0.05) is 41.9 Å². The lowest BCUT2D eigenvalue weighted by molar-refractivity contribution is 0.104. The highest BCUT2D eigenvalue weighted by Gasteiger charge is 2.05. The number of ether oxygens (including phenoxy) is 1. The lowest BCUT2D eigenvalue weighted by Crippen LogP contribution is -1.95. The SMILES string of the molecule is N#CCOc1ccc(/C=C/C(=O)c2ccccc2Cl)cc1. The zero-order valence-corrected chi connectivity index (χ0v) is 11.9. The Labute approximate surface area is 128 Å². The quantitative estimate of drug-likeness (QED) is 0.615. The lowest BCUT2D eigenvalue weighted by Gasteiger charge is -2.01. The van der Waals surface area contributed by atoms with Crippen LogP contribution in [-0.4, -0.2) is 12.4 Å². The number of hydrogen-bond donors (Lipinski definition) is 0. The van der Waals surface area contributed by atoms with Crippen molar-refractivity contribution in [1.82, 2.24) is 0 Å². The first kappa shape index (κ1) is 14.8. The van der Waals surface area contributed by atoms with E-state index in [0.29, 0.717) is 16.3 Å². The van der Waals surface area contributed by atoms with Gasteiger partial charge in [-0.2, -0.15) is 5.26 Å². The second kappa shape index (κ2) is 7.28.